The number of benzene rings is 1. The van der Waals surface area contributed by atoms with Gasteiger partial charge in [-0.3, -0.25) is 4.79 Å². The van der Waals surface area contributed by atoms with E-state index in [1.54, 1.807) is 18.2 Å². The van der Waals surface area contributed by atoms with E-state index in [2.05, 4.69) is 5.48 Å². The van der Waals surface area contributed by atoms with Crippen molar-refractivity contribution in [2.45, 2.75) is 35.8 Å². The first-order valence-corrected chi connectivity index (χ1v) is 13.3. The molecule has 10 nitrogen and oxygen atoms in total. The topological polar surface area (TPSA) is 114 Å². The minimum Gasteiger partial charge on any atom is -0.453 e. The number of nitrogens with zero attached hydrogens (tertiary/aromatic N) is 2. The standard InChI is InChI=1S/C22H26FN3O7S2/c1-31-22(28)25-11-12-26(17(14-25)21(27)24-33-19-4-2-3-13-32-19)35(29,30)20-10-9-18(34-20)15-5-7-16(23)8-6-15/h5-10,17,19H,2-4,11-14H2,1H3,(H,24,27)/t17-,19?/m1/s1. The van der Waals surface area contributed by atoms with Crippen molar-refractivity contribution < 1.29 is 36.7 Å². The molecule has 2 aliphatic rings. The maximum absolute atomic E-state index is 13.5. The minimum atomic E-state index is -4.10. The lowest BCUT2D eigenvalue weighted by molar-refractivity contribution is -0.202. The number of halogens is 1. The number of carbonyl (C=O) groups is 2. The fourth-order valence-electron chi connectivity index (χ4n) is 3.90. The maximum Gasteiger partial charge on any atom is 0.409 e. The van der Waals surface area contributed by atoms with Crippen LogP contribution in [0.2, 0.25) is 0 Å². The molecule has 3 heterocycles. The minimum absolute atomic E-state index is 0.0256. The first-order chi connectivity index (χ1) is 16.8. The predicted octanol–water partition coefficient (Wildman–Crippen LogP) is 2.57. The Bertz CT molecular complexity index is 1150. The quantitative estimate of drug-likeness (QED) is 0.575. The SMILES string of the molecule is COC(=O)N1CCN(S(=O)(=O)c2ccc(-c3ccc(F)cc3)s2)[C@@H](C(=O)NOC2CCCCO2)C1. The number of amides is 2. The van der Waals surface area contributed by atoms with Crippen molar-refractivity contribution in [2.24, 2.45) is 0 Å². The molecule has 2 aromatic rings. The summed E-state index contributed by atoms with van der Waals surface area (Å²) in [6, 6.07) is 7.56. The molecule has 190 valence electrons. The van der Waals surface area contributed by atoms with Crippen molar-refractivity contribution >= 4 is 33.4 Å². The van der Waals surface area contributed by atoms with Crippen LogP contribution in [0.15, 0.2) is 40.6 Å². The molecular weight excluding hydrogens is 501 g/mol. The maximum atomic E-state index is 13.5. The summed E-state index contributed by atoms with van der Waals surface area (Å²) in [4.78, 5) is 32.4. The van der Waals surface area contributed by atoms with Gasteiger partial charge >= 0.3 is 6.09 Å². The van der Waals surface area contributed by atoms with E-state index in [4.69, 9.17) is 14.3 Å². The molecule has 0 spiro atoms. The van der Waals surface area contributed by atoms with E-state index >= 15 is 0 Å². The predicted molar refractivity (Wildman–Crippen MR) is 124 cm³/mol. The number of ether oxygens (including phenoxy) is 2. The summed E-state index contributed by atoms with van der Waals surface area (Å²) in [5.41, 5.74) is 2.98. The Morgan fingerprint density at radius 2 is 1.91 bits per heavy atom. The average Bonchev–Trinajstić information content (AvgIpc) is 3.39. The van der Waals surface area contributed by atoms with Gasteiger partial charge in [-0.05, 0) is 42.7 Å². The van der Waals surface area contributed by atoms with E-state index in [1.807, 2.05) is 0 Å². The van der Waals surface area contributed by atoms with Gasteiger partial charge in [0, 0.05) is 37.5 Å². The summed E-state index contributed by atoms with van der Waals surface area (Å²) >= 11 is 1.01. The third kappa shape index (κ3) is 5.81. The number of hydroxylamine groups is 1. The van der Waals surface area contributed by atoms with Gasteiger partial charge in [0.25, 0.3) is 15.9 Å². The van der Waals surface area contributed by atoms with Gasteiger partial charge in [-0.15, -0.1) is 11.3 Å². The zero-order valence-electron chi connectivity index (χ0n) is 19.0. The van der Waals surface area contributed by atoms with Gasteiger partial charge in [0.2, 0.25) is 0 Å². The lowest BCUT2D eigenvalue weighted by Gasteiger charge is -2.38. The molecule has 2 fully saturated rings. The summed E-state index contributed by atoms with van der Waals surface area (Å²) in [5.74, 6) is -1.11. The second-order valence-electron chi connectivity index (χ2n) is 8.05. The van der Waals surface area contributed by atoms with Crippen LogP contribution in [0.4, 0.5) is 9.18 Å². The Labute approximate surface area is 206 Å². The second-order valence-corrected chi connectivity index (χ2v) is 11.3. The van der Waals surface area contributed by atoms with Crippen molar-refractivity contribution in [3.05, 3.63) is 42.2 Å². The summed E-state index contributed by atoms with van der Waals surface area (Å²) < 4.78 is 51.6. The van der Waals surface area contributed by atoms with Crippen LogP contribution in [-0.2, 0) is 29.1 Å². The van der Waals surface area contributed by atoms with Crippen LogP contribution in [0, 0.1) is 5.82 Å². The highest BCUT2D eigenvalue weighted by atomic mass is 32.2. The van der Waals surface area contributed by atoms with E-state index in [0.29, 0.717) is 23.5 Å². The monoisotopic (exact) mass is 527 g/mol. The molecule has 2 saturated heterocycles. The number of thiophene rings is 1. The average molecular weight is 528 g/mol. The van der Waals surface area contributed by atoms with E-state index in [-0.39, 0.29) is 23.8 Å². The smallest absolute Gasteiger partial charge is 0.409 e. The van der Waals surface area contributed by atoms with E-state index in [9.17, 15) is 22.4 Å². The van der Waals surface area contributed by atoms with Crippen LogP contribution in [-0.4, -0.2) is 75.3 Å². The number of hydrogen-bond acceptors (Lipinski definition) is 8. The fraction of sp³-hybridized carbons (Fsp3) is 0.455. The van der Waals surface area contributed by atoms with Crippen LogP contribution in [0.5, 0.6) is 0 Å². The molecule has 0 bridgehead atoms. The van der Waals surface area contributed by atoms with Gasteiger partial charge in [0.15, 0.2) is 6.29 Å². The number of hydrogen-bond donors (Lipinski definition) is 1. The normalized spacial score (nSPS) is 21.5. The highest BCUT2D eigenvalue weighted by Gasteiger charge is 2.42. The zero-order chi connectivity index (χ0) is 25.0. The molecule has 4 rings (SSSR count). The van der Waals surface area contributed by atoms with Gasteiger partial charge in [0.1, 0.15) is 16.1 Å². The van der Waals surface area contributed by atoms with Crippen LogP contribution in [0.3, 0.4) is 0 Å². The molecule has 1 aromatic heterocycles. The Kier molecular flexibility index (Phi) is 8.02. The van der Waals surface area contributed by atoms with Crippen LogP contribution in [0.1, 0.15) is 19.3 Å². The molecule has 1 unspecified atom stereocenters. The third-order valence-corrected chi connectivity index (χ3v) is 9.28. The molecule has 0 radical (unpaired) electrons. The fourth-order valence-corrected chi connectivity index (χ4v) is 6.91. The van der Waals surface area contributed by atoms with Gasteiger partial charge in [-0.1, -0.05) is 12.1 Å². The van der Waals surface area contributed by atoms with Crippen LogP contribution in [0.25, 0.3) is 10.4 Å². The van der Waals surface area contributed by atoms with Gasteiger partial charge in [0.05, 0.1) is 7.11 Å². The Morgan fingerprint density at radius 1 is 1.14 bits per heavy atom. The summed E-state index contributed by atoms with van der Waals surface area (Å²) in [5, 5.41) is 0. The van der Waals surface area contributed by atoms with Crippen molar-refractivity contribution in [3.8, 4) is 10.4 Å². The van der Waals surface area contributed by atoms with Crippen molar-refractivity contribution in [1.82, 2.24) is 14.7 Å². The Hall–Kier alpha value is -2.58. The van der Waals surface area contributed by atoms with Crippen molar-refractivity contribution in [3.63, 3.8) is 0 Å². The lowest BCUT2D eigenvalue weighted by Crippen LogP contribution is -2.61. The highest BCUT2D eigenvalue weighted by Crippen LogP contribution is 2.33. The number of carbonyl (C=O) groups excluding carboxylic acids is 2. The number of piperazine rings is 1. The van der Waals surface area contributed by atoms with Crippen LogP contribution >= 0.6 is 11.3 Å². The van der Waals surface area contributed by atoms with Crippen molar-refractivity contribution in [2.75, 3.05) is 33.4 Å². The lowest BCUT2D eigenvalue weighted by atomic mass is 10.2. The first kappa shape index (κ1) is 25.5. The Balaban J connectivity index is 1.55. The number of nitrogens with one attached hydrogen (secondary N) is 1. The largest absolute Gasteiger partial charge is 0.453 e. The molecule has 1 N–H and O–H groups in total. The molecular formula is C22H26FN3O7S2. The molecule has 13 heteroatoms. The molecule has 1 aromatic carbocycles. The van der Waals surface area contributed by atoms with E-state index in [1.165, 1.54) is 30.2 Å². The van der Waals surface area contributed by atoms with Gasteiger partial charge in [-0.2, -0.15) is 4.31 Å². The highest BCUT2D eigenvalue weighted by molar-refractivity contribution is 7.91. The molecule has 2 amide bonds. The molecule has 0 saturated carbocycles. The summed E-state index contributed by atoms with van der Waals surface area (Å²) in [6.07, 6.45) is 1.11. The molecule has 0 aliphatic carbocycles. The van der Waals surface area contributed by atoms with E-state index in [0.717, 1.165) is 28.5 Å². The second kappa shape index (κ2) is 11.0. The summed E-state index contributed by atoms with van der Waals surface area (Å²) in [6.45, 7) is 0.246. The van der Waals surface area contributed by atoms with E-state index < -0.39 is 40.2 Å². The molecule has 2 aliphatic heterocycles. The van der Waals surface area contributed by atoms with Crippen molar-refractivity contribution in [1.29, 1.82) is 0 Å². The zero-order valence-corrected chi connectivity index (χ0v) is 20.6. The first-order valence-electron chi connectivity index (χ1n) is 11.1. The third-order valence-electron chi connectivity index (χ3n) is 5.77. The number of sulfonamides is 1. The summed E-state index contributed by atoms with van der Waals surface area (Å²) in [7, 11) is -2.88. The molecule has 35 heavy (non-hydrogen) atoms. The number of methoxy groups -OCH3 is 1. The van der Waals surface area contributed by atoms with Gasteiger partial charge < -0.3 is 14.4 Å². The van der Waals surface area contributed by atoms with Crippen LogP contribution < -0.4 is 5.48 Å². The molecule has 2 atom stereocenters. The van der Waals surface area contributed by atoms with Gasteiger partial charge in [-0.25, -0.2) is 27.9 Å². The Morgan fingerprint density at radius 3 is 2.60 bits per heavy atom. The number of rotatable bonds is 6.